The zero-order valence-corrected chi connectivity index (χ0v) is 10.7. The molecular formula is C12H25N3O2. The summed E-state index contributed by atoms with van der Waals surface area (Å²) in [7, 11) is 1.63. The van der Waals surface area contributed by atoms with Gasteiger partial charge in [-0.1, -0.05) is 19.3 Å². The van der Waals surface area contributed by atoms with Crippen molar-refractivity contribution in [1.29, 1.82) is 0 Å². The summed E-state index contributed by atoms with van der Waals surface area (Å²) in [6.45, 7) is 1.13. The zero-order valence-electron chi connectivity index (χ0n) is 10.7. The second-order valence-electron chi connectivity index (χ2n) is 4.74. The molecule has 17 heavy (non-hydrogen) atoms. The first kappa shape index (κ1) is 14.3. The van der Waals surface area contributed by atoms with E-state index >= 15 is 0 Å². The summed E-state index contributed by atoms with van der Waals surface area (Å²) in [6, 6.07) is 0.285. The number of carbonyl (C=O) groups excluding carboxylic acids is 1. The second-order valence-corrected chi connectivity index (χ2v) is 4.74. The summed E-state index contributed by atoms with van der Waals surface area (Å²) in [5.41, 5.74) is 5.76. The molecule has 0 aromatic heterocycles. The van der Waals surface area contributed by atoms with Gasteiger partial charge in [0.2, 0.25) is 0 Å². The van der Waals surface area contributed by atoms with Crippen LogP contribution in [-0.2, 0) is 4.74 Å². The maximum absolute atomic E-state index is 11.6. The molecule has 0 spiro atoms. The molecule has 0 heterocycles. The van der Waals surface area contributed by atoms with Gasteiger partial charge in [-0.3, -0.25) is 0 Å². The highest BCUT2D eigenvalue weighted by Gasteiger charge is 2.15. The van der Waals surface area contributed by atoms with Gasteiger partial charge in [-0.15, -0.1) is 0 Å². The van der Waals surface area contributed by atoms with Crippen LogP contribution in [-0.4, -0.2) is 38.4 Å². The van der Waals surface area contributed by atoms with Crippen LogP contribution in [0.5, 0.6) is 0 Å². The van der Waals surface area contributed by atoms with Crippen LogP contribution in [0.15, 0.2) is 0 Å². The quantitative estimate of drug-likeness (QED) is 0.651. The van der Waals surface area contributed by atoms with E-state index in [9.17, 15) is 4.79 Å². The number of carbonyl (C=O) groups is 1. The van der Waals surface area contributed by atoms with E-state index < -0.39 is 0 Å². The average molecular weight is 243 g/mol. The molecule has 1 saturated carbocycles. The Morgan fingerprint density at radius 1 is 1.41 bits per heavy atom. The van der Waals surface area contributed by atoms with Crippen LogP contribution in [0.2, 0.25) is 0 Å². The lowest BCUT2D eigenvalue weighted by Crippen LogP contribution is -2.44. The van der Waals surface area contributed by atoms with Crippen molar-refractivity contribution in [3.05, 3.63) is 0 Å². The van der Waals surface area contributed by atoms with Gasteiger partial charge in [0.25, 0.3) is 0 Å². The second kappa shape index (κ2) is 8.31. The van der Waals surface area contributed by atoms with Gasteiger partial charge in [-0.2, -0.15) is 0 Å². The Morgan fingerprint density at radius 2 is 2.12 bits per heavy atom. The van der Waals surface area contributed by atoms with Crippen molar-refractivity contribution in [2.45, 2.75) is 50.6 Å². The predicted octanol–water partition coefficient (Wildman–Crippen LogP) is 0.982. The minimum atomic E-state index is -0.0680. The minimum Gasteiger partial charge on any atom is -0.383 e. The normalized spacial score (nSPS) is 18.7. The fourth-order valence-corrected chi connectivity index (χ4v) is 2.15. The number of methoxy groups -OCH3 is 1. The topological polar surface area (TPSA) is 76.4 Å². The number of amides is 2. The van der Waals surface area contributed by atoms with Crippen molar-refractivity contribution in [3.63, 3.8) is 0 Å². The minimum absolute atomic E-state index is 0.00465. The number of nitrogens with one attached hydrogen (secondary N) is 2. The first-order valence-corrected chi connectivity index (χ1v) is 6.51. The van der Waals surface area contributed by atoms with Gasteiger partial charge in [0.1, 0.15) is 0 Å². The van der Waals surface area contributed by atoms with E-state index in [4.69, 9.17) is 10.5 Å². The predicted molar refractivity (Wildman–Crippen MR) is 67.9 cm³/mol. The van der Waals surface area contributed by atoms with Gasteiger partial charge < -0.3 is 21.1 Å². The molecule has 0 aromatic carbocycles. The Kier molecular flexibility index (Phi) is 6.96. The molecule has 4 N–H and O–H groups in total. The van der Waals surface area contributed by atoms with Crippen LogP contribution in [0.3, 0.4) is 0 Å². The maximum Gasteiger partial charge on any atom is 0.315 e. The van der Waals surface area contributed by atoms with Crippen molar-refractivity contribution < 1.29 is 9.53 Å². The number of hydrogen-bond acceptors (Lipinski definition) is 3. The van der Waals surface area contributed by atoms with E-state index in [-0.39, 0.29) is 12.1 Å². The molecule has 5 heteroatoms. The lowest BCUT2D eigenvalue weighted by molar-refractivity contribution is 0.176. The Hall–Kier alpha value is -0.810. The summed E-state index contributed by atoms with van der Waals surface area (Å²) >= 11 is 0. The highest BCUT2D eigenvalue weighted by Crippen LogP contribution is 2.16. The summed E-state index contributed by atoms with van der Waals surface area (Å²) in [5, 5.41) is 5.84. The molecule has 1 unspecified atom stereocenters. The van der Waals surface area contributed by atoms with Crippen LogP contribution in [0.4, 0.5) is 4.79 Å². The first-order chi connectivity index (χ1) is 8.22. The van der Waals surface area contributed by atoms with Crippen LogP contribution >= 0.6 is 0 Å². The highest BCUT2D eigenvalue weighted by atomic mass is 16.5. The van der Waals surface area contributed by atoms with Gasteiger partial charge in [0, 0.05) is 25.7 Å². The SMILES string of the molecule is COCC(N)CCNC(=O)NC1CCCCC1. The number of ether oxygens (including phenoxy) is 1. The molecule has 1 rings (SSSR count). The van der Waals surface area contributed by atoms with Crippen LogP contribution in [0, 0.1) is 0 Å². The third-order valence-electron chi connectivity index (χ3n) is 3.12. The third-order valence-corrected chi connectivity index (χ3v) is 3.12. The molecule has 0 radical (unpaired) electrons. The Balaban J connectivity index is 2.04. The van der Waals surface area contributed by atoms with Gasteiger partial charge in [0.15, 0.2) is 0 Å². The van der Waals surface area contributed by atoms with Crippen molar-refractivity contribution >= 4 is 6.03 Å². The van der Waals surface area contributed by atoms with E-state index in [2.05, 4.69) is 10.6 Å². The standard InChI is InChI=1S/C12H25N3O2/c1-17-9-10(13)7-8-14-12(16)15-11-5-3-2-4-6-11/h10-11H,2-9,13H2,1H3,(H2,14,15,16). The summed E-state index contributed by atoms with van der Waals surface area (Å²) < 4.78 is 4.93. The third kappa shape index (κ3) is 6.48. The largest absolute Gasteiger partial charge is 0.383 e. The van der Waals surface area contributed by atoms with E-state index in [1.165, 1.54) is 19.3 Å². The highest BCUT2D eigenvalue weighted by molar-refractivity contribution is 5.74. The lowest BCUT2D eigenvalue weighted by atomic mass is 9.96. The number of urea groups is 1. The van der Waals surface area contributed by atoms with E-state index in [0.717, 1.165) is 19.3 Å². The summed E-state index contributed by atoms with van der Waals surface area (Å²) in [5.74, 6) is 0. The first-order valence-electron chi connectivity index (χ1n) is 6.51. The molecule has 0 bridgehead atoms. The number of nitrogens with two attached hydrogens (primary N) is 1. The Morgan fingerprint density at radius 3 is 2.76 bits per heavy atom. The average Bonchev–Trinajstić information content (AvgIpc) is 2.30. The van der Waals surface area contributed by atoms with E-state index in [1.54, 1.807) is 7.11 Å². The van der Waals surface area contributed by atoms with Crippen molar-refractivity contribution in [1.82, 2.24) is 10.6 Å². The van der Waals surface area contributed by atoms with E-state index in [0.29, 0.717) is 19.2 Å². The van der Waals surface area contributed by atoms with Gasteiger partial charge in [-0.05, 0) is 19.3 Å². The summed E-state index contributed by atoms with van der Waals surface area (Å²) in [4.78, 5) is 11.6. The molecule has 1 aliphatic carbocycles. The molecule has 1 aliphatic rings. The van der Waals surface area contributed by atoms with Crippen molar-refractivity contribution in [2.24, 2.45) is 5.73 Å². The zero-order chi connectivity index (χ0) is 12.5. The molecule has 1 fully saturated rings. The molecule has 0 aliphatic heterocycles. The fraction of sp³-hybridized carbons (Fsp3) is 0.917. The van der Waals surface area contributed by atoms with Crippen molar-refractivity contribution in [3.8, 4) is 0 Å². The van der Waals surface area contributed by atoms with Crippen LogP contribution < -0.4 is 16.4 Å². The smallest absolute Gasteiger partial charge is 0.315 e. The van der Waals surface area contributed by atoms with Crippen molar-refractivity contribution in [2.75, 3.05) is 20.3 Å². The summed E-state index contributed by atoms with van der Waals surface area (Å²) in [6.07, 6.45) is 6.71. The lowest BCUT2D eigenvalue weighted by Gasteiger charge is -2.23. The maximum atomic E-state index is 11.6. The van der Waals surface area contributed by atoms with E-state index in [1.807, 2.05) is 0 Å². The van der Waals surface area contributed by atoms with Crippen LogP contribution in [0.25, 0.3) is 0 Å². The molecule has 1 atom stereocenters. The molecule has 0 saturated heterocycles. The molecule has 100 valence electrons. The van der Waals surface area contributed by atoms with Gasteiger partial charge in [-0.25, -0.2) is 4.79 Å². The molecule has 0 aromatic rings. The Labute approximate surface area is 103 Å². The molecule has 2 amide bonds. The van der Waals surface area contributed by atoms with Gasteiger partial charge >= 0.3 is 6.03 Å². The van der Waals surface area contributed by atoms with Crippen LogP contribution in [0.1, 0.15) is 38.5 Å². The monoisotopic (exact) mass is 243 g/mol. The number of hydrogen-bond donors (Lipinski definition) is 3. The molecule has 5 nitrogen and oxygen atoms in total. The van der Waals surface area contributed by atoms with Gasteiger partial charge in [0.05, 0.1) is 6.61 Å². The fourth-order valence-electron chi connectivity index (χ4n) is 2.15. The number of rotatable bonds is 6. The molecular weight excluding hydrogens is 218 g/mol. The Bertz CT molecular complexity index is 218.